The highest BCUT2D eigenvalue weighted by Crippen LogP contribution is 2.36. The third-order valence-corrected chi connectivity index (χ3v) is 8.38. The number of halogens is 3. The van der Waals surface area contributed by atoms with E-state index in [0.717, 1.165) is 57.0 Å². The van der Waals surface area contributed by atoms with Crippen molar-refractivity contribution < 1.29 is 4.79 Å². The number of aromatic nitrogens is 1. The smallest absolute Gasteiger partial charge is 0.272 e. The second-order valence-electron chi connectivity index (χ2n) is 8.52. The molecule has 35 heavy (non-hydrogen) atoms. The number of hydrogen-bond donors (Lipinski definition) is 2. The Bertz CT molecular complexity index is 1380. The minimum absolute atomic E-state index is 0.181. The molecule has 5 rings (SSSR count). The van der Waals surface area contributed by atoms with Gasteiger partial charge in [-0.2, -0.15) is 0 Å². The maximum absolute atomic E-state index is 13.0. The molecule has 0 atom stereocenters. The van der Waals surface area contributed by atoms with Gasteiger partial charge < -0.3 is 20.1 Å². The lowest BCUT2D eigenvalue weighted by Gasteiger charge is -2.34. The van der Waals surface area contributed by atoms with Crippen molar-refractivity contribution in [2.24, 2.45) is 0 Å². The zero-order chi connectivity index (χ0) is 24.5. The van der Waals surface area contributed by atoms with E-state index in [9.17, 15) is 4.79 Å². The van der Waals surface area contributed by atoms with Crippen molar-refractivity contribution in [3.8, 4) is 0 Å². The van der Waals surface area contributed by atoms with Gasteiger partial charge in [0, 0.05) is 62.7 Å². The third kappa shape index (κ3) is 5.65. The van der Waals surface area contributed by atoms with Gasteiger partial charge in [-0.25, -0.2) is 0 Å². The van der Waals surface area contributed by atoms with Crippen LogP contribution in [0.25, 0.3) is 10.9 Å². The number of rotatable bonds is 5. The number of nitrogens with one attached hydrogen (secondary N) is 2. The zero-order valence-electron chi connectivity index (χ0n) is 18.9. The normalized spacial score (nSPS) is 14.5. The molecule has 0 aliphatic carbocycles. The monoisotopic (exact) mass is 588 g/mol. The summed E-state index contributed by atoms with van der Waals surface area (Å²) in [5.74, 6) is -0.181. The number of H-pyrrole nitrogens is 1. The molecule has 5 nitrogen and oxygen atoms in total. The van der Waals surface area contributed by atoms with Crippen molar-refractivity contribution in [2.45, 2.75) is 9.79 Å². The number of benzene rings is 3. The summed E-state index contributed by atoms with van der Waals surface area (Å²) in [5, 5.41) is 4.99. The van der Waals surface area contributed by atoms with Gasteiger partial charge in [-0.3, -0.25) is 4.79 Å². The molecule has 4 aromatic rings. The number of piperazine rings is 1. The number of carbonyl (C=O) groups excluding carboxylic acids is 1. The fourth-order valence-corrected chi connectivity index (χ4v) is 6.07. The second-order valence-corrected chi connectivity index (χ2v) is 11.3. The molecule has 0 spiro atoms. The molecule has 1 amide bonds. The summed E-state index contributed by atoms with van der Waals surface area (Å²) in [7, 11) is 2.15. The molecule has 2 heterocycles. The average Bonchev–Trinajstić information content (AvgIpc) is 3.28. The molecular formula is C26H23BrCl2N4OS. The average molecular weight is 590 g/mol. The lowest BCUT2D eigenvalue weighted by molar-refractivity contribution is 0.102. The van der Waals surface area contributed by atoms with E-state index in [-0.39, 0.29) is 5.91 Å². The lowest BCUT2D eigenvalue weighted by atomic mass is 10.2. The van der Waals surface area contributed by atoms with Crippen LogP contribution >= 0.6 is 50.9 Å². The van der Waals surface area contributed by atoms with Crippen molar-refractivity contribution in [1.82, 2.24) is 9.88 Å². The van der Waals surface area contributed by atoms with Crippen LogP contribution in [0, 0.1) is 0 Å². The number of anilines is 2. The standard InChI is InChI=1S/C26H23BrCl2N4OS/c1-32-8-10-33(11-9-32)17-4-2-16(3-5-17)30-26(34)25-15-20-21(27)12-19(14-24(20)31-25)35-18-6-7-22(28)23(29)13-18/h2-7,12-15,31H,8-11H2,1H3,(H,30,34). The first kappa shape index (κ1) is 24.5. The highest BCUT2D eigenvalue weighted by molar-refractivity contribution is 9.10. The summed E-state index contributed by atoms with van der Waals surface area (Å²) in [5.41, 5.74) is 3.32. The number of fused-ring (bicyclic) bond motifs is 1. The molecule has 3 aromatic carbocycles. The number of hydrogen-bond acceptors (Lipinski definition) is 4. The van der Waals surface area contributed by atoms with Crippen LogP contribution in [-0.4, -0.2) is 49.0 Å². The largest absolute Gasteiger partial charge is 0.369 e. The summed E-state index contributed by atoms with van der Waals surface area (Å²) in [4.78, 5) is 22.9. The number of carbonyl (C=O) groups is 1. The quantitative estimate of drug-likeness (QED) is 0.255. The maximum atomic E-state index is 13.0. The molecule has 2 N–H and O–H groups in total. The molecule has 1 aliphatic rings. The summed E-state index contributed by atoms with van der Waals surface area (Å²) in [6.45, 7) is 4.14. The summed E-state index contributed by atoms with van der Waals surface area (Å²) >= 11 is 17.4. The predicted octanol–water partition coefficient (Wildman–Crippen LogP) is 7.39. The fraction of sp³-hybridized carbons (Fsp3) is 0.192. The van der Waals surface area contributed by atoms with Crippen molar-refractivity contribution in [3.63, 3.8) is 0 Å². The van der Waals surface area contributed by atoms with Crippen LogP contribution in [0.2, 0.25) is 10.0 Å². The molecule has 9 heteroatoms. The van der Waals surface area contributed by atoms with E-state index >= 15 is 0 Å². The molecule has 0 saturated carbocycles. The van der Waals surface area contributed by atoms with Crippen molar-refractivity contribution >= 4 is 79.1 Å². The second kappa shape index (κ2) is 10.4. The van der Waals surface area contributed by atoms with Gasteiger partial charge in [-0.15, -0.1) is 0 Å². The Hall–Kier alpha value is -2.16. The van der Waals surface area contributed by atoms with Crippen LogP contribution in [-0.2, 0) is 0 Å². The van der Waals surface area contributed by atoms with Gasteiger partial charge in [0.25, 0.3) is 5.91 Å². The zero-order valence-corrected chi connectivity index (χ0v) is 22.9. The van der Waals surface area contributed by atoms with E-state index < -0.39 is 0 Å². The van der Waals surface area contributed by atoms with E-state index in [1.165, 1.54) is 5.69 Å². The van der Waals surface area contributed by atoms with E-state index in [4.69, 9.17) is 23.2 Å². The van der Waals surface area contributed by atoms with Gasteiger partial charge in [0.15, 0.2) is 0 Å². The maximum Gasteiger partial charge on any atom is 0.272 e. The molecule has 1 saturated heterocycles. The highest BCUT2D eigenvalue weighted by atomic mass is 79.9. The topological polar surface area (TPSA) is 51.4 Å². The van der Waals surface area contributed by atoms with Gasteiger partial charge in [-0.05, 0) is 67.7 Å². The van der Waals surface area contributed by atoms with E-state index in [2.05, 4.69) is 55.2 Å². The Morgan fingerprint density at radius 3 is 2.40 bits per heavy atom. The van der Waals surface area contributed by atoms with Crippen LogP contribution < -0.4 is 10.2 Å². The minimum atomic E-state index is -0.181. The third-order valence-electron chi connectivity index (χ3n) is 6.03. The summed E-state index contributed by atoms with van der Waals surface area (Å²) in [6.07, 6.45) is 0. The lowest BCUT2D eigenvalue weighted by Crippen LogP contribution is -2.44. The Kier molecular flexibility index (Phi) is 7.32. The fourth-order valence-electron chi connectivity index (χ4n) is 4.04. The number of amides is 1. The van der Waals surface area contributed by atoms with Crippen LogP contribution in [0.5, 0.6) is 0 Å². The first-order valence-electron chi connectivity index (χ1n) is 11.2. The Morgan fingerprint density at radius 1 is 0.943 bits per heavy atom. The molecular weight excluding hydrogens is 567 g/mol. The van der Waals surface area contributed by atoms with Crippen molar-refractivity contribution in [2.75, 3.05) is 43.4 Å². The van der Waals surface area contributed by atoms with Gasteiger partial charge in [-0.1, -0.05) is 50.9 Å². The Labute approximate surface area is 226 Å². The first-order chi connectivity index (χ1) is 16.9. The molecule has 0 radical (unpaired) electrons. The van der Waals surface area contributed by atoms with Crippen LogP contribution in [0.1, 0.15) is 10.5 Å². The summed E-state index contributed by atoms with van der Waals surface area (Å²) in [6, 6.07) is 19.5. The molecule has 1 fully saturated rings. The summed E-state index contributed by atoms with van der Waals surface area (Å²) < 4.78 is 0.907. The molecule has 0 unspecified atom stereocenters. The first-order valence-corrected chi connectivity index (χ1v) is 13.5. The Morgan fingerprint density at radius 2 is 1.69 bits per heavy atom. The highest BCUT2D eigenvalue weighted by Gasteiger charge is 2.16. The van der Waals surface area contributed by atoms with Gasteiger partial charge in [0.2, 0.25) is 0 Å². The van der Waals surface area contributed by atoms with E-state index in [0.29, 0.717) is 15.7 Å². The molecule has 0 bridgehead atoms. The molecule has 1 aliphatic heterocycles. The van der Waals surface area contributed by atoms with Gasteiger partial charge in [0.05, 0.1) is 10.0 Å². The predicted molar refractivity (Wildman–Crippen MR) is 151 cm³/mol. The van der Waals surface area contributed by atoms with Crippen molar-refractivity contribution in [3.05, 3.63) is 80.9 Å². The molecule has 180 valence electrons. The molecule has 1 aromatic heterocycles. The van der Waals surface area contributed by atoms with E-state index in [1.54, 1.807) is 17.8 Å². The van der Waals surface area contributed by atoms with Gasteiger partial charge >= 0.3 is 0 Å². The number of nitrogens with zero attached hydrogens (tertiary/aromatic N) is 2. The SMILES string of the molecule is CN1CCN(c2ccc(NC(=O)c3cc4c(Br)cc(Sc5ccc(Cl)c(Cl)c5)cc4[nH]3)cc2)CC1. The number of likely N-dealkylation sites (N-methyl/N-ethyl adjacent to an activating group) is 1. The van der Waals surface area contributed by atoms with Crippen LogP contribution in [0.15, 0.2) is 74.9 Å². The minimum Gasteiger partial charge on any atom is -0.369 e. The van der Waals surface area contributed by atoms with Crippen molar-refractivity contribution in [1.29, 1.82) is 0 Å². The van der Waals surface area contributed by atoms with Crippen LogP contribution in [0.3, 0.4) is 0 Å². The Balaban J connectivity index is 1.30. The number of aromatic amines is 1. The van der Waals surface area contributed by atoms with Gasteiger partial charge in [0.1, 0.15) is 5.69 Å². The van der Waals surface area contributed by atoms with E-state index in [1.807, 2.05) is 42.5 Å². The van der Waals surface area contributed by atoms with Crippen LogP contribution in [0.4, 0.5) is 11.4 Å².